The topological polar surface area (TPSA) is 98.5 Å². The molecule has 0 heterocycles. The molecule has 0 aliphatic heterocycles. The molecule has 3 unspecified atom stereocenters. The number of rotatable bonds is 4. The Morgan fingerprint density at radius 3 is 2.29 bits per heavy atom. The average molecular weight is 375 g/mol. The number of benzene rings is 1. The molecule has 1 aliphatic rings. The predicted molar refractivity (Wildman–Crippen MR) is 94.0 cm³/mol. The van der Waals surface area contributed by atoms with Crippen LogP contribution in [-0.4, -0.2) is 43.7 Å². The van der Waals surface area contributed by atoms with Gasteiger partial charge in [0, 0.05) is 23.7 Å². The van der Waals surface area contributed by atoms with Gasteiger partial charge in [-0.3, -0.25) is 0 Å². The second-order valence-electron chi connectivity index (χ2n) is 7.15. The number of nitrogens with two attached hydrogens (primary N) is 1. The second-order valence-corrected chi connectivity index (χ2v) is 9.75. The van der Waals surface area contributed by atoms with Crippen LogP contribution in [0.5, 0.6) is 0 Å². The summed E-state index contributed by atoms with van der Waals surface area (Å²) in [6.07, 6.45) is 0.465. The van der Waals surface area contributed by atoms with E-state index in [-0.39, 0.29) is 6.54 Å². The number of halogens is 1. The molecule has 1 aromatic rings. The normalized spacial score (nSPS) is 26.8. The van der Waals surface area contributed by atoms with Crippen LogP contribution in [0, 0.1) is 0 Å². The van der Waals surface area contributed by atoms with Crippen LogP contribution in [0.1, 0.15) is 32.3 Å². The first-order valence-electron chi connectivity index (χ1n) is 7.56. The van der Waals surface area contributed by atoms with Crippen LogP contribution < -0.4 is 11.1 Å². The van der Waals surface area contributed by atoms with Crippen molar-refractivity contribution in [2.75, 3.05) is 12.8 Å². The molecule has 1 fully saturated rings. The number of ether oxygens (including phenoxy) is 1. The fourth-order valence-corrected chi connectivity index (χ4v) is 5.12. The molecule has 8 heteroatoms. The maximum absolute atomic E-state index is 12.2. The number of hydrogen-bond donors (Lipinski definition) is 2. The highest BCUT2D eigenvalue weighted by Gasteiger charge is 2.70. The lowest BCUT2D eigenvalue weighted by atomic mass is 10.1. The van der Waals surface area contributed by atoms with Crippen LogP contribution in [0.2, 0.25) is 5.02 Å². The van der Waals surface area contributed by atoms with Crippen molar-refractivity contribution in [3.8, 4) is 0 Å². The van der Waals surface area contributed by atoms with Gasteiger partial charge in [0.25, 0.3) is 0 Å². The van der Waals surface area contributed by atoms with Crippen molar-refractivity contribution in [1.29, 1.82) is 0 Å². The summed E-state index contributed by atoms with van der Waals surface area (Å²) in [6.45, 7) is 5.19. The molecule has 1 aromatic carbocycles. The van der Waals surface area contributed by atoms with Gasteiger partial charge in [-0.2, -0.15) is 0 Å². The van der Waals surface area contributed by atoms with E-state index in [4.69, 9.17) is 22.1 Å². The van der Waals surface area contributed by atoms with Crippen molar-refractivity contribution in [3.63, 3.8) is 0 Å². The van der Waals surface area contributed by atoms with Gasteiger partial charge in [-0.15, -0.1) is 0 Å². The summed E-state index contributed by atoms with van der Waals surface area (Å²) in [5.41, 5.74) is 4.86. The van der Waals surface area contributed by atoms with Crippen molar-refractivity contribution in [1.82, 2.24) is 5.32 Å². The molecule has 0 radical (unpaired) electrons. The highest BCUT2D eigenvalue weighted by Crippen LogP contribution is 2.55. The molecule has 0 spiro atoms. The first-order valence-corrected chi connectivity index (χ1v) is 9.89. The molecule has 2 rings (SSSR count). The zero-order chi connectivity index (χ0) is 18.3. The maximum atomic E-state index is 12.2. The zero-order valence-corrected chi connectivity index (χ0v) is 15.7. The summed E-state index contributed by atoms with van der Waals surface area (Å²) >= 11 is 5.89. The molecule has 134 valence electrons. The quantitative estimate of drug-likeness (QED) is 0.840. The third-order valence-corrected chi connectivity index (χ3v) is 5.89. The first-order chi connectivity index (χ1) is 10.9. The molecule has 0 saturated heterocycles. The molecule has 3 atom stereocenters. The average Bonchev–Trinajstić information content (AvgIpc) is 3.06. The van der Waals surface area contributed by atoms with Gasteiger partial charge in [0.1, 0.15) is 5.60 Å². The van der Waals surface area contributed by atoms with Crippen LogP contribution in [0.25, 0.3) is 0 Å². The third-order valence-electron chi connectivity index (χ3n) is 4.02. The minimum atomic E-state index is -3.43. The SMILES string of the molecule is CC(C)(C)OC(=O)NC1(CN)C(c2ccc(Cl)cc2)C1S(C)(=O)=O. The van der Waals surface area contributed by atoms with Gasteiger partial charge in [-0.25, -0.2) is 13.2 Å². The Hall–Kier alpha value is -1.31. The Balaban J connectivity index is 2.34. The number of sulfone groups is 1. The van der Waals surface area contributed by atoms with E-state index >= 15 is 0 Å². The molecule has 3 N–H and O–H groups in total. The van der Waals surface area contributed by atoms with Gasteiger partial charge in [-0.1, -0.05) is 23.7 Å². The molecule has 0 bridgehead atoms. The molecule has 1 amide bonds. The molecule has 0 aromatic heterocycles. The number of carbonyl (C=O) groups excluding carboxylic acids is 1. The number of carbonyl (C=O) groups is 1. The van der Waals surface area contributed by atoms with E-state index in [9.17, 15) is 13.2 Å². The fourth-order valence-electron chi connectivity index (χ4n) is 3.11. The third kappa shape index (κ3) is 3.84. The van der Waals surface area contributed by atoms with Crippen molar-refractivity contribution in [3.05, 3.63) is 34.9 Å². The Morgan fingerprint density at radius 2 is 1.88 bits per heavy atom. The number of nitrogens with one attached hydrogen (secondary N) is 1. The smallest absolute Gasteiger partial charge is 0.408 e. The Bertz CT molecular complexity index is 727. The van der Waals surface area contributed by atoms with E-state index < -0.39 is 38.2 Å². The second kappa shape index (κ2) is 6.20. The Kier molecular flexibility index (Phi) is 4.92. The molecule has 6 nitrogen and oxygen atoms in total. The fraction of sp³-hybridized carbons (Fsp3) is 0.562. The largest absolute Gasteiger partial charge is 0.444 e. The van der Waals surface area contributed by atoms with Gasteiger partial charge < -0.3 is 15.8 Å². The number of hydrogen-bond acceptors (Lipinski definition) is 5. The highest BCUT2D eigenvalue weighted by atomic mass is 35.5. The van der Waals surface area contributed by atoms with Crippen LogP contribution in [0.3, 0.4) is 0 Å². The van der Waals surface area contributed by atoms with Crippen molar-refractivity contribution >= 4 is 27.5 Å². The minimum absolute atomic E-state index is 0.0166. The van der Waals surface area contributed by atoms with Crippen LogP contribution in [-0.2, 0) is 14.6 Å². The first kappa shape index (κ1) is 19.0. The van der Waals surface area contributed by atoms with Crippen molar-refractivity contribution in [2.24, 2.45) is 5.73 Å². The van der Waals surface area contributed by atoms with Crippen molar-refractivity contribution < 1.29 is 17.9 Å². The van der Waals surface area contributed by atoms with E-state index in [2.05, 4.69) is 5.32 Å². The van der Waals surface area contributed by atoms with Crippen molar-refractivity contribution in [2.45, 2.75) is 43.1 Å². The lowest BCUT2D eigenvalue weighted by molar-refractivity contribution is 0.0497. The summed E-state index contributed by atoms with van der Waals surface area (Å²) in [7, 11) is -3.43. The highest BCUT2D eigenvalue weighted by molar-refractivity contribution is 7.91. The lowest BCUT2D eigenvalue weighted by Gasteiger charge is -2.24. The maximum Gasteiger partial charge on any atom is 0.408 e. The summed E-state index contributed by atoms with van der Waals surface area (Å²) < 4.78 is 29.7. The van der Waals surface area contributed by atoms with E-state index in [1.807, 2.05) is 0 Å². The summed E-state index contributed by atoms with van der Waals surface area (Å²) in [6, 6.07) is 6.87. The molecular weight excluding hydrogens is 352 g/mol. The lowest BCUT2D eigenvalue weighted by Crippen LogP contribution is -2.48. The van der Waals surface area contributed by atoms with Crippen LogP contribution >= 0.6 is 11.6 Å². The van der Waals surface area contributed by atoms with E-state index in [0.717, 1.165) is 11.8 Å². The molecule has 1 aliphatic carbocycles. The summed E-state index contributed by atoms with van der Waals surface area (Å²) in [5, 5.41) is 2.44. The Morgan fingerprint density at radius 1 is 1.33 bits per heavy atom. The predicted octanol–water partition coefficient (Wildman–Crippen LogP) is 2.07. The molecule has 1 saturated carbocycles. The Labute approximate surface area is 147 Å². The van der Waals surface area contributed by atoms with Gasteiger partial charge in [0.05, 0.1) is 10.8 Å². The van der Waals surface area contributed by atoms with Crippen LogP contribution in [0.15, 0.2) is 24.3 Å². The molecule has 24 heavy (non-hydrogen) atoms. The number of alkyl carbamates (subject to hydrolysis) is 1. The van der Waals surface area contributed by atoms with E-state index in [1.165, 1.54) is 0 Å². The van der Waals surface area contributed by atoms with Gasteiger partial charge in [0.2, 0.25) is 0 Å². The van der Waals surface area contributed by atoms with Crippen LogP contribution in [0.4, 0.5) is 4.79 Å². The molecular formula is C16H23ClN2O4S. The standard InChI is InChI=1S/C16H23ClN2O4S/c1-15(2,3)23-14(20)19-16(9-18)12(13(16)24(4,21)22)10-5-7-11(17)8-6-10/h5-8,12-13H,9,18H2,1-4H3,(H,19,20). The summed E-state index contributed by atoms with van der Waals surface area (Å²) in [5.74, 6) is -0.442. The van der Waals surface area contributed by atoms with Gasteiger partial charge >= 0.3 is 6.09 Å². The zero-order valence-electron chi connectivity index (χ0n) is 14.2. The van der Waals surface area contributed by atoms with E-state index in [0.29, 0.717) is 5.02 Å². The number of amides is 1. The van der Waals surface area contributed by atoms with E-state index in [1.54, 1.807) is 45.0 Å². The minimum Gasteiger partial charge on any atom is -0.444 e. The van der Waals surface area contributed by atoms with Gasteiger partial charge in [0.15, 0.2) is 9.84 Å². The monoisotopic (exact) mass is 374 g/mol. The summed E-state index contributed by atoms with van der Waals surface area (Å²) in [4.78, 5) is 12.2. The van der Waals surface area contributed by atoms with Gasteiger partial charge in [-0.05, 0) is 38.5 Å².